The van der Waals surface area contributed by atoms with Crippen molar-refractivity contribution in [3.8, 4) is 34.4 Å². The van der Waals surface area contributed by atoms with Crippen molar-refractivity contribution in [3.05, 3.63) is 106 Å². The van der Waals surface area contributed by atoms with Gasteiger partial charge in [-0.1, -0.05) is 41.9 Å². The van der Waals surface area contributed by atoms with E-state index in [4.69, 9.17) is 21.1 Å². The molecule has 9 nitrogen and oxygen atoms in total. The van der Waals surface area contributed by atoms with Crippen LogP contribution < -0.4 is 14.8 Å². The average molecular weight is 586 g/mol. The lowest BCUT2D eigenvalue weighted by molar-refractivity contribution is -0.140. The Morgan fingerprint density at radius 1 is 1.14 bits per heavy atom. The zero-order chi connectivity index (χ0) is 29.6. The lowest BCUT2D eigenvalue weighted by Gasteiger charge is -2.20. The number of nitriles is 1. The summed E-state index contributed by atoms with van der Waals surface area (Å²) in [5.74, 6) is -0.161. The van der Waals surface area contributed by atoms with E-state index in [2.05, 4.69) is 22.4 Å². The van der Waals surface area contributed by atoms with Crippen molar-refractivity contribution in [2.75, 3.05) is 6.61 Å². The number of rotatable bonds is 11. The highest BCUT2D eigenvalue weighted by atomic mass is 35.5. The van der Waals surface area contributed by atoms with Crippen LogP contribution in [0.4, 0.5) is 0 Å². The molecule has 0 radical (unpaired) electrons. The summed E-state index contributed by atoms with van der Waals surface area (Å²) in [7, 11) is 0. The van der Waals surface area contributed by atoms with Gasteiger partial charge in [0.25, 0.3) is 0 Å². The molecule has 0 saturated heterocycles. The molecule has 0 unspecified atom stereocenters. The number of aromatic nitrogens is 1. The Bertz CT molecular complexity index is 1640. The largest absolute Gasteiger partial charge is 0.508 e. The summed E-state index contributed by atoms with van der Waals surface area (Å²) < 4.78 is 12.6. The van der Waals surface area contributed by atoms with E-state index < -0.39 is 18.6 Å². The summed E-state index contributed by atoms with van der Waals surface area (Å²) in [5.41, 5.74) is 5.96. The Kier molecular flexibility index (Phi) is 8.88. The minimum Gasteiger partial charge on any atom is -0.508 e. The highest BCUT2D eigenvalue weighted by molar-refractivity contribution is 6.32. The van der Waals surface area contributed by atoms with Crippen molar-refractivity contribution < 1.29 is 29.6 Å². The van der Waals surface area contributed by atoms with E-state index in [1.54, 1.807) is 36.5 Å². The van der Waals surface area contributed by atoms with Gasteiger partial charge >= 0.3 is 5.97 Å². The van der Waals surface area contributed by atoms with Gasteiger partial charge in [-0.05, 0) is 59.4 Å². The van der Waals surface area contributed by atoms with Gasteiger partial charge in [-0.3, -0.25) is 15.1 Å². The number of aliphatic hydroxyl groups excluding tert-OH is 1. The number of fused-ring (bicyclic) bond motifs is 1. The number of ether oxygens (including phenoxy) is 2. The smallest absolute Gasteiger partial charge is 0.323 e. The lowest BCUT2D eigenvalue weighted by Crippen LogP contribution is -2.39. The molecular formula is C32H28ClN3O6. The SMILES string of the molecule is N#Cc1cncc(COc2cc(O[C@H]3CCc4c(-c5ccc(O)cc5)cccc43)c(Cl)cc2CN[C@@H](CO)C(=O)O)c1. The first-order valence-corrected chi connectivity index (χ1v) is 13.7. The van der Waals surface area contributed by atoms with Crippen LogP contribution in [0.2, 0.25) is 5.02 Å². The van der Waals surface area contributed by atoms with E-state index in [9.17, 15) is 25.4 Å². The Morgan fingerprint density at radius 2 is 1.95 bits per heavy atom. The summed E-state index contributed by atoms with van der Waals surface area (Å²) in [6.07, 6.45) is 4.34. The van der Waals surface area contributed by atoms with E-state index in [1.807, 2.05) is 24.3 Å². The molecule has 0 saturated carbocycles. The number of carboxylic acids is 1. The number of phenols is 1. The van der Waals surface area contributed by atoms with Crippen molar-refractivity contribution in [3.63, 3.8) is 0 Å². The summed E-state index contributed by atoms with van der Waals surface area (Å²) in [5, 5.41) is 40.8. The van der Waals surface area contributed by atoms with E-state index >= 15 is 0 Å². The number of aliphatic hydroxyl groups is 1. The fraction of sp³-hybridized carbons (Fsp3) is 0.219. The predicted octanol–water partition coefficient (Wildman–Crippen LogP) is 5.16. The fourth-order valence-corrected chi connectivity index (χ4v) is 5.22. The normalized spacial score (nSPS) is 14.5. The molecule has 0 bridgehead atoms. The molecule has 1 aliphatic carbocycles. The number of nitrogens with one attached hydrogen (secondary N) is 1. The Morgan fingerprint density at radius 3 is 2.69 bits per heavy atom. The van der Waals surface area contributed by atoms with Crippen LogP contribution >= 0.6 is 11.6 Å². The second-order valence-corrected chi connectivity index (χ2v) is 10.3. The second kappa shape index (κ2) is 12.9. The molecule has 0 spiro atoms. The third kappa shape index (κ3) is 6.47. The number of benzene rings is 3. The van der Waals surface area contributed by atoms with Gasteiger partial charge in [0.05, 0.1) is 17.2 Å². The van der Waals surface area contributed by atoms with Crippen molar-refractivity contribution in [1.29, 1.82) is 5.26 Å². The molecular weight excluding hydrogens is 558 g/mol. The first-order chi connectivity index (χ1) is 20.4. The van der Waals surface area contributed by atoms with Crippen LogP contribution in [-0.4, -0.2) is 38.9 Å². The molecule has 0 amide bonds. The molecule has 3 aromatic carbocycles. The number of aliphatic carboxylic acids is 1. The van der Waals surface area contributed by atoms with Crippen LogP contribution in [0.15, 0.2) is 73.1 Å². The number of nitrogens with zero attached hydrogens (tertiary/aromatic N) is 2. The molecule has 1 heterocycles. The van der Waals surface area contributed by atoms with Crippen LogP contribution in [0, 0.1) is 11.3 Å². The van der Waals surface area contributed by atoms with E-state index in [1.165, 1.54) is 11.8 Å². The fourth-order valence-electron chi connectivity index (χ4n) is 4.99. The second-order valence-electron chi connectivity index (χ2n) is 9.89. The summed E-state index contributed by atoms with van der Waals surface area (Å²) in [6.45, 7) is -0.424. The minimum atomic E-state index is -1.18. The standard InChI is InChI=1S/C32H28ClN3O6/c33-27-11-22(16-36-28(17-37)32(39)40)30(41-18-20-10-19(13-34)14-35-15-20)12-31(27)42-29-9-8-25-24(2-1-3-26(25)29)21-4-6-23(38)7-5-21/h1-7,10-12,14-15,28-29,36-38H,8-9,16-18H2,(H,39,40)/t28-,29-/m0/s1. The lowest BCUT2D eigenvalue weighted by atomic mass is 9.96. The quantitative estimate of drug-likeness (QED) is 0.187. The molecule has 1 aromatic heterocycles. The molecule has 4 aromatic rings. The van der Waals surface area contributed by atoms with Crippen LogP contribution in [0.1, 0.15) is 40.3 Å². The first-order valence-electron chi connectivity index (χ1n) is 13.3. The topological polar surface area (TPSA) is 145 Å². The third-order valence-electron chi connectivity index (χ3n) is 7.12. The number of hydrogen-bond acceptors (Lipinski definition) is 8. The molecule has 10 heteroatoms. The Hall–Kier alpha value is -4.62. The first kappa shape index (κ1) is 28.9. The third-order valence-corrected chi connectivity index (χ3v) is 7.41. The van der Waals surface area contributed by atoms with Crippen molar-refractivity contribution in [2.24, 2.45) is 0 Å². The molecule has 214 valence electrons. The molecule has 4 N–H and O–H groups in total. The molecule has 42 heavy (non-hydrogen) atoms. The van der Waals surface area contributed by atoms with Crippen LogP contribution in [0.25, 0.3) is 11.1 Å². The number of hydrogen-bond donors (Lipinski definition) is 4. The van der Waals surface area contributed by atoms with Gasteiger partial charge in [0.1, 0.15) is 42.1 Å². The Balaban J connectivity index is 1.42. The number of halogens is 1. The molecule has 1 aliphatic rings. The highest BCUT2D eigenvalue weighted by Crippen LogP contribution is 2.43. The number of aromatic hydroxyl groups is 1. The van der Waals surface area contributed by atoms with Gasteiger partial charge < -0.3 is 24.8 Å². The van der Waals surface area contributed by atoms with Gasteiger partial charge in [0.2, 0.25) is 0 Å². The molecule has 0 aliphatic heterocycles. The van der Waals surface area contributed by atoms with Gasteiger partial charge in [0, 0.05) is 36.1 Å². The van der Waals surface area contributed by atoms with Gasteiger partial charge in [-0.25, -0.2) is 0 Å². The maximum absolute atomic E-state index is 11.4. The van der Waals surface area contributed by atoms with Crippen LogP contribution in [0.5, 0.6) is 17.2 Å². The molecule has 0 fully saturated rings. The number of pyridine rings is 1. The highest BCUT2D eigenvalue weighted by Gasteiger charge is 2.28. The maximum atomic E-state index is 11.4. The van der Waals surface area contributed by atoms with E-state index in [0.717, 1.165) is 29.5 Å². The van der Waals surface area contributed by atoms with Gasteiger partial charge in [-0.15, -0.1) is 0 Å². The predicted molar refractivity (Wildman–Crippen MR) is 155 cm³/mol. The number of phenolic OH excluding ortho intramolecular Hbond substituents is 1. The van der Waals surface area contributed by atoms with Crippen molar-refractivity contribution in [2.45, 2.75) is 38.1 Å². The Labute approximate surface area is 247 Å². The van der Waals surface area contributed by atoms with Gasteiger partial charge in [0.15, 0.2) is 0 Å². The minimum absolute atomic E-state index is 0.0611. The summed E-state index contributed by atoms with van der Waals surface area (Å²) in [4.78, 5) is 15.5. The van der Waals surface area contributed by atoms with Crippen molar-refractivity contribution >= 4 is 17.6 Å². The van der Waals surface area contributed by atoms with Crippen LogP contribution in [-0.2, 0) is 24.4 Å². The molecule has 2 atom stereocenters. The molecule has 5 rings (SSSR count). The van der Waals surface area contributed by atoms with E-state index in [0.29, 0.717) is 33.2 Å². The van der Waals surface area contributed by atoms with E-state index in [-0.39, 0.29) is 25.0 Å². The maximum Gasteiger partial charge on any atom is 0.323 e. The monoisotopic (exact) mass is 585 g/mol. The zero-order valence-corrected chi connectivity index (χ0v) is 23.2. The number of carbonyl (C=O) groups is 1. The summed E-state index contributed by atoms with van der Waals surface area (Å²) >= 11 is 6.67. The zero-order valence-electron chi connectivity index (χ0n) is 22.5. The van der Waals surface area contributed by atoms with Crippen LogP contribution in [0.3, 0.4) is 0 Å². The van der Waals surface area contributed by atoms with Gasteiger partial charge in [-0.2, -0.15) is 5.26 Å². The average Bonchev–Trinajstić information content (AvgIpc) is 3.41. The van der Waals surface area contributed by atoms with Crippen molar-refractivity contribution in [1.82, 2.24) is 10.3 Å². The number of carboxylic acid groups (broad SMARTS) is 1. The summed E-state index contributed by atoms with van der Waals surface area (Å²) in [6, 6.07) is 19.1.